The van der Waals surface area contributed by atoms with E-state index in [4.69, 9.17) is 0 Å². The number of methoxy groups -OCH3 is 4. The molecule has 4 unspecified atom stereocenters. The first-order valence-corrected chi connectivity index (χ1v) is 8.37. The summed E-state index contributed by atoms with van der Waals surface area (Å²) in [4.78, 5) is 46.9. The van der Waals surface area contributed by atoms with E-state index in [9.17, 15) is 29.4 Å². The summed E-state index contributed by atoms with van der Waals surface area (Å²) in [6, 6.07) is 0. The van der Waals surface area contributed by atoms with Crippen LogP contribution in [0.2, 0.25) is 0 Å². The highest BCUT2D eigenvalue weighted by Crippen LogP contribution is 2.19. The normalized spacial score (nSPS) is 26.1. The molecule has 0 aromatic carbocycles. The number of β-amino-alcohol motifs (C(OH)–C–C–N with tert-alkyl or cyclic N) is 2. The number of likely N-dealkylation sites (tertiary alicyclic amines) is 2. The fourth-order valence-corrected chi connectivity index (χ4v) is 2.90. The molecular weight excluding hydrogens is 380 g/mol. The first-order chi connectivity index (χ1) is 13.2. The molecule has 0 aromatic rings. The van der Waals surface area contributed by atoms with Gasteiger partial charge in [-0.2, -0.15) is 0 Å². The second-order valence-electron chi connectivity index (χ2n) is 6.14. The molecule has 0 radical (unpaired) electrons. The second-order valence-corrected chi connectivity index (χ2v) is 6.14. The Hall–Kier alpha value is -2.60. The maximum Gasteiger partial charge on any atom is 0.409 e. The lowest BCUT2D eigenvalue weighted by molar-refractivity contribution is -0.148. The van der Waals surface area contributed by atoms with Crippen LogP contribution < -0.4 is 0 Å². The van der Waals surface area contributed by atoms with E-state index in [2.05, 4.69) is 18.9 Å². The largest absolute Gasteiger partial charge is 0.469 e. The van der Waals surface area contributed by atoms with Crippen LogP contribution in [0.3, 0.4) is 0 Å². The van der Waals surface area contributed by atoms with Gasteiger partial charge in [0.1, 0.15) is 11.8 Å². The third kappa shape index (κ3) is 5.70. The molecular formula is C16H26N2O10. The number of esters is 2. The second kappa shape index (κ2) is 10.7. The molecule has 0 aliphatic carbocycles. The van der Waals surface area contributed by atoms with Crippen LogP contribution in [0.15, 0.2) is 0 Å². The van der Waals surface area contributed by atoms with Crippen molar-refractivity contribution in [2.75, 3.05) is 54.6 Å². The van der Waals surface area contributed by atoms with Crippen LogP contribution in [0, 0.1) is 11.8 Å². The van der Waals surface area contributed by atoms with Crippen LogP contribution in [0.25, 0.3) is 0 Å². The highest BCUT2D eigenvalue weighted by molar-refractivity contribution is 5.77. The van der Waals surface area contributed by atoms with Crippen molar-refractivity contribution >= 4 is 24.1 Å². The topological polar surface area (TPSA) is 152 Å². The number of hydrogen-bond donors (Lipinski definition) is 2. The van der Waals surface area contributed by atoms with Gasteiger partial charge < -0.3 is 39.0 Å². The summed E-state index contributed by atoms with van der Waals surface area (Å²) < 4.78 is 17.9. The molecule has 2 aliphatic rings. The predicted octanol–water partition coefficient (Wildman–Crippen LogP) is -1.56. The highest BCUT2D eigenvalue weighted by atomic mass is 16.6. The van der Waals surface area contributed by atoms with Crippen molar-refractivity contribution in [3.05, 3.63) is 0 Å². The van der Waals surface area contributed by atoms with Crippen molar-refractivity contribution in [2.45, 2.75) is 12.2 Å². The molecule has 2 amide bonds. The summed E-state index contributed by atoms with van der Waals surface area (Å²) in [6.07, 6.45) is -2.84. The highest BCUT2D eigenvalue weighted by Gasteiger charge is 2.40. The molecule has 160 valence electrons. The molecule has 4 atom stereocenters. The maximum absolute atomic E-state index is 11.1. The molecule has 0 bridgehead atoms. The average molecular weight is 406 g/mol. The number of carbonyl (C=O) groups excluding carboxylic acids is 4. The molecule has 0 saturated carbocycles. The molecule has 2 rings (SSSR count). The van der Waals surface area contributed by atoms with Gasteiger partial charge in [0, 0.05) is 13.1 Å². The first-order valence-electron chi connectivity index (χ1n) is 8.37. The monoisotopic (exact) mass is 406 g/mol. The van der Waals surface area contributed by atoms with E-state index in [0.29, 0.717) is 0 Å². The van der Waals surface area contributed by atoms with Crippen LogP contribution >= 0.6 is 0 Å². The molecule has 2 fully saturated rings. The Morgan fingerprint density at radius 1 is 0.643 bits per heavy atom. The average Bonchev–Trinajstić information content (AvgIpc) is 3.28. The number of hydrogen-bond acceptors (Lipinski definition) is 10. The van der Waals surface area contributed by atoms with E-state index in [1.807, 2.05) is 0 Å². The van der Waals surface area contributed by atoms with Gasteiger partial charge in [-0.1, -0.05) is 0 Å². The van der Waals surface area contributed by atoms with Crippen LogP contribution in [0.4, 0.5) is 9.59 Å². The van der Waals surface area contributed by atoms with E-state index in [1.165, 1.54) is 38.2 Å². The smallest absolute Gasteiger partial charge is 0.409 e. The van der Waals surface area contributed by atoms with Gasteiger partial charge in [-0.25, -0.2) is 9.59 Å². The third-order valence-electron chi connectivity index (χ3n) is 4.45. The number of aliphatic hydroxyl groups excluding tert-OH is 2. The zero-order valence-electron chi connectivity index (χ0n) is 16.2. The Balaban J connectivity index is 0.000000280. The lowest BCUT2D eigenvalue weighted by atomic mass is 10.1. The van der Waals surface area contributed by atoms with E-state index in [1.54, 1.807) is 0 Å². The van der Waals surface area contributed by atoms with Crippen molar-refractivity contribution in [1.82, 2.24) is 9.80 Å². The van der Waals surface area contributed by atoms with E-state index >= 15 is 0 Å². The standard InChI is InChI=1S/2C8H13NO5/c2*1-13-7(11)5-3-9(4-6(5)10)8(12)14-2/h2*5-6,10H,3-4H2,1-2H3. The molecule has 2 N–H and O–H groups in total. The van der Waals surface area contributed by atoms with Crippen molar-refractivity contribution in [2.24, 2.45) is 11.8 Å². The van der Waals surface area contributed by atoms with Gasteiger partial charge in [0.15, 0.2) is 0 Å². The van der Waals surface area contributed by atoms with Crippen LogP contribution in [0.5, 0.6) is 0 Å². The Morgan fingerprint density at radius 3 is 1.21 bits per heavy atom. The number of ether oxygens (including phenoxy) is 4. The van der Waals surface area contributed by atoms with E-state index in [0.717, 1.165) is 0 Å². The molecule has 12 nitrogen and oxygen atoms in total. The maximum atomic E-state index is 11.1. The van der Waals surface area contributed by atoms with Crippen molar-refractivity contribution in [3.8, 4) is 0 Å². The van der Waals surface area contributed by atoms with Gasteiger partial charge in [-0.15, -0.1) is 0 Å². The van der Waals surface area contributed by atoms with Crippen molar-refractivity contribution in [1.29, 1.82) is 0 Å². The minimum Gasteiger partial charge on any atom is -0.469 e. The van der Waals surface area contributed by atoms with Crippen molar-refractivity contribution in [3.63, 3.8) is 0 Å². The first kappa shape index (κ1) is 23.4. The quantitative estimate of drug-likeness (QED) is 0.406. The van der Waals surface area contributed by atoms with Crippen LogP contribution in [0.1, 0.15) is 0 Å². The summed E-state index contributed by atoms with van der Waals surface area (Å²) in [5.74, 6) is -2.36. The molecule has 2 aliphatic heterocycles. The summed E-state index contributed by atoms with van der Waals surface area (Å²) in [5.41, 5.74) is 0. The molecule has 0 spiro atoms. The predicted molar refractivity (Wildman–Crippen MR) is 91.0 cm³/mol. The Labute approximate surface area is 161 Å². The Morgan fingerprint density at radius 2 is 0.964 bits per heavy atom. The summed E-state index contributed by atoms with van der Waals surface area (Å²) in [6.45, 7) is 0.486. The van der Waals surface area contributed by atoms with E-state index < -0.39 is 48.2 Å². The van der Waals surface area contributed by atoms with E-state index in [-0.39, 0.29) is 26.2 Å². The Bertz CT molecular complexity index is 534. The number of rotatable bonds is 2. The minimum absolute atomic E-state index is 0.104. The zero-order chi connectivity index (χ0) is 21.4. The summed E-state index contributed by atoms with van der Waals surface area (Å²) >= 11 is 0. The fourth-order valence-electron chi connectivity index (χ4n) is 2.90. The molecule has 2 heterocycles. The SMILES string of the molecule is COC(=O)C1CN(C(=O)OC)CC1O.COC(=O)C1CN(C(=O)OC)CC1O. The number of aliphatic hydroxyl groups is 2. The number of amides is 2. The van der Waals surface area contributed by atoms with Gasteiger partial charge in [0.05, 0.1) is 53.7 Å². The zero-order valence-corrected chi connectivity index (χ0v) is 16.2. The van der Waals surface area contributed by atoms with Gasteiger partial charge in [-0.05, 0) is 0 Å². The molecule has 12 heteroatoms. The lowest BCUT2D eigenvalue weighted by Gasteiger charge is -2.12. The summed E-state index contributed by atoms with van der Waals surface area (Å²) in [5, 5.41) is 18.9. The minimum atomic E-state index is -0.874. The molecule has 0 aromatic heterocycles. The Kier molecular flexibility index (Phi) is 8.92. The fraction of sp³-hybridized carbons (Fsp3) is 0.750. The van der Waals surface area contributed by atoms with Gasteiger partial charge in [0.2, 0.25) is 0 Å². The van der Waals surface area contributed by atoms with Crippen LogP contribution in [-0.4, -0.2) is 111 Å². The molecule has 28 heavy (non-hydrogen) atoms. The number of carbonyl (C=O) groups is 4. The van der Waals surface area contributed by atoms with Crippen LogP contribution in [-0.2, 0) is 28.5 Å². The van der Waals surface area contributed by atoms with Gasteiger partial charge in [0.25, 0.3) is 0 Å². The lowest BCUT2D eigenvalue weighted by Crippen LogP contribution is -2.29. The molecule has 2 saturated heterocycles. The van der Waals surface area contributed by atoms with Gasteiger partial charge >= 0.3 is 24.1 Å². The van der Waals surface area contributed by atoms with Crippen molar-refractivity contribution < 1.29 is 48.3 Å². The number of nitrogens with zero attached hydrogens (tertiary/aromatic N) is 2. The third-order valence-corrected chi connectivity index (χ3v) is 4.45. The van der Waals surface area contributed by atoms with Gasteiger partial charge in [-0.3, -0.25) is 9.59 Å². The summed E-state index contributed by atoms with van der Waals surface area (Å²) in [7, 11) is 4.99.